The van der Waals surface area contributed by atoms with Crippen molar-refractivity contribution in [2.45, 2.75) is 86.2 Å². The highest BCUT2D eigenvalue weighted by Gasteiger charge is 2.47. The van der Waals surface area contributed by atoms with Gasteiger partial charge in [0, 0.05) is 47.0 Å². The van der Waals surface area contributed by atoms with Gasteiger partial charge in [-0.3, -0.25) is 24.0 Å². The molecule has 0 spiro atoms. The van der Waals surface area contributed by atoms with Gasteiger partial charge in [0.1, 0.15) is 34.6 Å². The monoisotopic (exact) mass is 767 g/mol. The number of amides is 1. The Kier molecular flexibility index (Phi) is 12.7. The number of Topliss-reactive ketones (excluding diaryl/α,β-unsaturated/α-hetero) is 2. The van der Waals surface area contributed by atoms with Crippen molar-refractivity contribution in [2.24, 2.45) is 23.7 Å². The first kappa shape index (κ1) is 42.6. The number of hydrogen-bond acceptors (Lipinski definition) is 14. The number of aromatic hydroxyl groups is 1. The molecule has 298 valence electrons. The first-order valence-electron chi connectivity index (χ1n) is 17.7. The molecule has 8 atom stereocenters. The van der Waals surface area contributed by atoms with Crippen molar-refractivity contribution in [1.29, 1.82) is 0 Å². The van der Waals surface area contributed by atoms with Gasteiger partial charge in [-0.15, -0.1) is 0 Å². The second-order valence-electron chi connectivity index (χ2n) is 14.5. The zero-order valence-corrected chi connectivity index (χ0v) is 32.5. The van der Waals surface area contributed by atoms with Crippen molar-refractivity contribution in [2.75, 3.05) is 19.2 Å². The molecular weight excluding hydrogens is 718 g/mol. The molecule has 6 N–H and O–H groups in total. The number of ether oxygens (including phenoxy) is 4. The highest BCUT2D eigenvalue weighted by molar-refractivity contribution is 6.21. The van der Waals surface area contributed by atoms with Crippen molar-refractivity contribution >= 4 is 40.7 Å². The van der Waals surface area contributed by atoms with E-state index in [1.807, 2.05) is 0 Å². The summed E-state index contributed by atoms with van der Waals surface area (Å²) in [6.45, 7) is 12.0. The second-order valence-corrected chi connectivity index (χ2v) is 14.5. The first-order valence-corrected chi connectivity index (χ1v) is 17.7. The van der Waals surface area contributed by atoms with Crippen molar-refractivity contribution < 1.29 is 68.5 Å². The van der Waals surface area contributed by atoms with Gasteiger partial charge in [0.2, 0.25) is 6.79 Å². The van der Waals surface area contributed by atoms with E-state index in [0.717, 1.165) is 14.0 Å². The smallest absolute Gasteiger partial charge is 0.313 e. The molecule has 0 saturated carbocycles. The van der Waals surface area contributed by atoms with Gasteiger partial charge in [-0.05, 0) is 46.3 Å². The summed E-state index contributed by atoms with van der Waals surface area (Å²) in [6, 6.07) is 0. The Bertz CT molecular complexity index is 1960. The summed E-state index contributed by atoms with van der Waals surface area (Å²) in [6.07, 6.45) is 0.0247. The maximum Gasteiger partial charge on any atom is 0.313 e. The summed E-state index contributed by atoms with van der Waals surface area (Å²) >= 11 is 0. The lowest BCUT2D eigenvalue weighted by Crippen LogP contribution is -2.52. The number of carbonyl (C=O) groups excluding carboxylic acids is 5. The number of anilines is 1. The van der Waals surface area contributed by atoms with Crippen LogP contribution in [0.4, 0.5) is 5.69 Å². The van der Waals surface area contributed by atoms with Gasteiger partial charge in [0.05, 0.1) is 42.2 Å². The number of hydrogen-bond donors (Lipinski definition) is 6. The van der Waals surface area contributed by atoms with Crippen LogP contribution < -0.4 is 10.1 Å². The lowest BCUT2D eigenvalue weighted by atomic mass is 9.75. The molecule has 0 saturated heterocycles. The molecule has 4 aliphatic rings. The highest BCUT2D eigenvalue weighted by atomic mass is 16.7. The lowest BCUT2D eigenvalue weighted by molar-refractivity contribution is -0.166. The molecule has 0 aromatic heterocycles. The van der Waals surface area contributed by atoms with E-state index >= 15 is 0 Å². The highest BCUT2D eigenvalue weighted by Crippen LogP contribution is 2.53. The molecule has 1 aliphatic carbocycles. The number of nitrogens with one attached hydrogen (secondary N) is 1. The molecule has 1 aromatic rings. The van der Waals surface area contributed by atoms with Crippen molar-refractivity contribution in [3.8, 4) is 11.5 Å². The van der Waals surface area contributed by atoms with E-state index in [2.05, 4.69) is 5.32 Å². The summed E-state index contributed by atoms with van der Waals surface area (Å²) in [7, 11) is 1.04. The molecule has 1 aromatic carbocycles. The lowest BCUT2D eigenvalue weighted by Gasteiger charge is -2.38. The topological polar surface area (TPSA) is 235 Å². The Morgan fingerprint density at radius 3 is 2.16 bits per heavy atom. The number of esters is 2. The molecule has 0 fully saturated rings. The van der Waals surface area contributed by atoms with Crippen LogP contribution in [0, 0.1) is 30.6 Å². The molecular formula is C40H49NO14. The largest absolute Gasteiger partial charge is 0.505 e. The molecule has 15 nitrogen and oxygen atoms in total. The van der Waals surface area contributed by atoms with Gasteiger partial charge >= 0.3 is 11.9 Å². The Labute approximate surface area is 318 Å². The SMILES string of the molecule is COC(=O)C1C(O)C(C)C(=O)C(C)/C=C\C=C(C)C(=O)Nc2c(C)c(OC(C)=O)c3c(c2O)C(=O)C(C)=C2OCOC(=C23)C(C)=CC(C)(O)C(O)C(C)C1O. The fourth-order valence-electron chi connectivity index (χ4n) is 7.13. The van der Waals surface area contributed by atoms with Gasteiger partial charge in [0.15, 0.2) is 11.5 Å². The number of aliphatic hydroxyl groups excluding tert-OH is 3. The Balaban J connectivity index is 2.07. The fraction of sp³-hybridized carbons (Fsp3) is 0.475. The maximum absolute atomic E-state index is 14.0. The average molecular weight is 768 g/mol. The summed E-state index contributed by atoms with van der Waals surface area (Å²) in [5, 5.41) is 60.4. The number of carbonyl (C=O) groups is 5. The van der Waals surface area contributed by atoms with E-state index in [4.69, 9.17) is 18.9 Å². The van der Waals surface area contributed by atoms with Gasteiger partial charge < -0.3 is 49.8 Å². The molecule has 3 heterocycles. The van der Waals surface area contributed by atoms with E-state index in [1.165, 1.54) is 79.7 Å². The Morgan fingerprint density at radius 2 is 1.56 bits per heavy atom. The van der Waals surface area contributed by atoms with Crippen molar-refractivity contribution in [1.82, 2.24) is 0 Å². The number of fused-ring (bicyclic) bond motifs is 14. The van der Waals surface area contributed by atoms with E-state index in [0.29, 0.717) is 0 Å². The van der Waals surface area contributed by atoms with Crippen molar-refractivity contribution in [3.05, 3.63) is 69.2 Å². The third-order valence-electron chi connectivity index (χ3n) is 10.4. The van der Waals surface area contributed by atoms with Crippen LogP contribution in [0.25, 0.3) is 5.57 Å². The number of allylic oxidation sites excluding steroid dienone is 6. The van der Waals surface area contributed by atoms with Crippen molar-refractivity contribution in [3.63, 3.8) is 0 Å². The van der Waals surface area contributed by atoms with E-state index in [-0.39, 0.29) is 61.9 Å². The predicted octanol–water partition coefficient (Wildman–Crippen LogP) is 3.31. The second kappa shape index (κ2) is 16.3. The van der Waals surface area contributed by atoms with Crippen LogP contribution in [-0.2, 0) is 33.4 Å². The van der Waals surface area contributed by atoms with Crippen LogP contribution in [0.1, 0.15) is 76.9 Å². The molecule has 5 rings (SSSR count). The average Bonchev–Trinajstić information content (AvgIpc) is 3.13. The number of ketones is 2. The van der Waals surface area contributed by atoms with E-state index in [1.54, 1.807) is 0 Å². The van der Waals surface area contributed by atoms with Gasteiger partial charge in [0.25, 0.3) is 5.91 Å². The van der Waals surface area contributed by atoms with Crippen LogP contribution in [0.15, 0.2) is 52.5 Å². The van der Waals surface area contributed by atoms with E-state index < -0.39 is 89.5 Å². The van der Waals surface area contributed by atoms with E-state index in [9.17, 15) is 49.5 Å². The van der Waals surface area contributed by atoms with Crippen LogP contribution in [0.3, 0.4) is 0 Å². The van der Waals surface area contributed by atoms with Crippen LogP contribution in [0.5, 0.6) is 11.5 Å². The molecule has 0 radical (unpaired) electrons. The molecule has 8 unspecified atom stereocenters. The standard InChI is InChI=1S/C40H49NO14/c1-16-12-11-13-17(2)38(49)41-28-19(4)36(55-23(8)42)24-25(33(28)47)31(45)21(6)35-26(24)34(53-15-54-35)18(3)14-40(9,51)37(48)22(7)32(46)27(39(50)52-10)30(44)20(5)29(16)43/h11-14,16,20,22,27,30,32,37,44,46-48,51H,15H2,1-10H3,(H,41,49)/b12-11-,17-13?,18-14?. The van der Waals surface area contributed by atoms with Crippen LogP contribution in [0.2, 0.25) is 0 Å². The maximum atomic E-state index is 14.0. The first-order chi connectivity index (χ1) is 25.6. The minimum Gasteiger partial charge on any atom is -0.505 e. The zero-order valence-electron chi connectivity index (χ0n) is 32.5. The summed E-state index contributed by atoms with van der Waals surface area (Å²) in [5.74, 6) is -9.80. The van der Waals surface area contributed by atoms with Gasteiger partial charge in [-0.2, -0.15) is 0 Å². The summed E-state index contributed by atoms with van der Waals surface area (Å²) < 4.78 is 22.2. The number of benzene rings is 1. The number of rotatable bonds is 2. The number of phenolic OH excluding ortho intramolecular Hbond substituents is 1. The summed E-state index contributed by atoms with van der Waals surface area (Å²) in [4.78, 5) is 66.4. The Hall–Kier alpha value is -5.09. The van der Waals surface area contributed by atoms with Crippen LogP contribution >= 0.6 is 0 Å². The molecule has 1 amide bonds. The normalized spacial score (nSPS) is 30.1. The molecule has 4 bridgehead atoms. The minimum atomic E-state index is -2.19. The molecule has 3 aliphatic heterocycles. The fourth-order valence-corrected chi connectivity index (χ4v) is 7.13. The molecule has 15 heteroatoms. The zero-order chi connectivity index (χ0) is 41.4. The molecule has 55 heavy (non-hydrogen) atoms. The Morgan fingerprint density at radius 1 is 0.945 bits per heavy atom. The summed E-state index contributed by atoms with van der Waals surface area (Å²) in [5.41, 5.74) is -2.46. The quantitative estimate of drug-likeness (QED) is 0.144. The number of methoxy groups -OCH3 is 1. The van der Waals surface area contributed by atoms with Gasteiger partial charge in [-0.25, -0.2) is 0 Å². The number of phenols is 1. The van der Waals surface area contributed by atoms with Crippen LogP contribution in [-0.4, -0.2) is 92.8 Å². The van der Waals surface area contributed by atoms with Gasteiger partial charge in [-0.1, -0.05) is 39.0 Å². The predicted molar refractivity (Wildman–Crippen MR) is 197 cm³/mol. The third kappa shape index (κ3) is 8.01. The minimum absolute atomic E-state index is 0.00714. The number of aliphatic hydroxyl groups is 4. The third-order valence-corrected chi connectivity index (χ3v) is 10.4.